The summed E-state index contributed by atoms with van der Waals surface area (Å²) < 4.78 is 15.0. The maximum Gasteiger partial charge on any atom is 0.327 e. The Morgan fingerprint density at radius 1 is 1.75 bits per heavy atom. The first-order chi connectivity index (χ1) is 5.39. The van der Waals surface area contributed by atoms with Crippen molar-refractivity contribution in [3.05, 3.63) is 0 Å². The molecule has 6 nitrogen and oxygen atoms in total. The van der Waals surface area contributed by atoms with Gasteiger partial charge in [0.2, 0.25) is 0 Å². The summed E-state index contributed by atoms with van der Waals surface area (Å²) in [6.07, 6.45) is -0.312. The summed E-state index contributed by atoms with van der Waals surface area (Å²) in [6.45, 7) is 0. The highest BCUT2D eigenvalue weighted by Gasteiger charge is 2.21. The number of nitrogens with two attached hydrogens (primary N) is 1. The van der Waals surface area contributed by atoms with Crippen molar-refractivity contribution >= 4 is 13.6 Å². The van der Waals surface area contributed by atoms with E-state index in [1.807, 2.05) is 0 Å². The van der Waals surface area contributed by atoms with Gasteiger partial charge in [-0.3, -0.25) is 9.36 Å². The predicted molar refractivity (Wildman–Crippen MR) is 41.9 cm³/mol. The van der Waals surface area contributed by atoms with Crippen molar-refractivity contribution in [2.45, 2.75) is 12.5 Å². The second-order valence-corrected chi connectivity index (χ2v) is 4.36. The van der Waals surface area contributed by atoms with Crippen molar-refractivity contribution in [3.8, 4) is 0 Å². The van der Waals surface area contributed by atoms with Crippen molar-refractivity contribution in [2.75, 3.05) is 13.3 Å². The quantitative estimate of drug-likeness (QED) is 0.518. The fourth-order valence-electron chi connectivity index (χ4n) is 0.517. The minimum atomic E-state index is -3.61. The first kappa shape index (κ1) is 11.6. The Balaban J connectivity index is 3.83. The van der Waals surface area contributed by atoms with Crippen molar-refractivity contribution in [2.24, 2.45) is 5.73 Å². The van der Waals surface area contributed by atoms with Gasteiger partial charge in [0.15, 0.2) is 0 Å². The molecular weight excluding hydrogens is 185 g/mol. The van der Waals surface area contributed by atoms with Gasteiger partial charge >= 0.3 is 13.6 Å². The van der Waals surface area contributed by atoms with Crippen LogP contribution in [0.2, 0.25) is 0 Å². The van der Waals surface area contributed by atoms with Gasteiger partial charge in [0.25, 0.3) is 0 Å². The molecule has 2 unspecified atom stereocenters. The molecule has 0 aromatic rings. The smallest absolute Gasteiger partial charge is 0.327 e. The molecule has 0 saturated carbocycles. The van der Waals surface area contributed by atoms with Crippen LogP contribution < -0.4 is 5.73 Å². The van der Waals surface area contributed by atoms with Gasteiger partial charge in [-0.2, -0.15) is 0 Å². The molecule has 0 heterocycles. The second-order valence-electron chi connectivity index (χ2n) is 2.28. The third-order valence-corrected chi connectivity index (χ3v) is 2.72. The minimum absolute atomic E-state index is 0.0725. The SMILES string of the molecule is COP(=O)(O)CCC(N)C(=O)O. The molecule has 0 saturated heterocycles. The van der Waals surface area contributed by atoms with Gasteiger partial charge in [0.05, 0.1) is 6.16 Å². The molecule has 0 rings (SSSR count). The third kappa shape index (κ3) is 4.46. The van der Waals surface area contributed by atoms with Crippen molar-refractivity contribution in [1.82, 2.24) is 0 Å². The summed E-state index contributed by atoms with van der Waals surface area (Å²) in [5, 5.41) is 8.31. The Labute approximate surface area is 69.9 Å². The van der Waals surface area contributed by atoms with E-state index in [2.05, 4.69) is 4.52 Å². The molecule has 7 heteroatoms. The molecule has 0 radical (unpaired) electrons. The number of carbonyl (C=O) groups is 1. The largest absolute Gasteiger partial charge is 0.480 e. The van der Waals surface area contributed by atoms with E-state index in [1.165, 1.54) is 0 Å². The average molecular weight is 197 g/mol. The van der Waals surface area contributed by atoms with E-state index in [1.54, 1.807) is 0 Å². The van der Waals surface area contributed by atoms with Gasteiger partial charge < -0.3 is 20.3 Å². The predicted octanol–water partition coefficient (Wildman–Crippen LogP) is -0.380. The van der Waals surface area contributed by atoms with E-state index in [0.717, 1.165) is 7.11 Å². The van der Waals surface area contributed by atoms with Crippen LogP contribution in [0.4, 0.5) is 0 Å². The van der Waals surface area contributed by atoms with Crippen LogP contribution in [-0.4, -0.2) is 35.3 Å². The van der Waals surface area contributed by atoms with E-state index in [4.69, 9.17) is 15.7 Å². The Kier molecular flexibility index (Phi) is 4.41. The summed E-state index contributed by atoms with van der Waals surface area (Å²) in [5.74, 6) is -1.19. The van der Waals surface area contributed by atoms with E-state index in [-0.39, 0.29) is 12.6 Å². The molecule has 4 N–H and O–H groups in total. The highest BCUT2D eigenvalue weighted by molar-refractivity contribution is 7.52. The molecular formula is C5H12NO5P. The van der Waals surface area contributed by atoms with Crippen LogP contribution in [-0.2, 0) is 13.9 Å². The molecule has 2 atom stereocenters. The van der Waals surface area contributed by atoms with Crippen molar-refractivity contribution in [3.63, 3.8) is 0 Å². The maximum atomic E-state index is 10.8. The molecule has 0 aromatic carbocycles. The number of carboxylic acids is 1. The molecule has 72 valence electrons. The van der Waals surface area contributed by atoms with Gasteiger partial charge in [0.1, 0.15) is 6.04 Å². The number of rotatable bonds is 5. The number of hydrogen-bond acceptors (Lipinski definition) is 4. The van der Waals surface area contributed by atoms with Gasteiger partial charge in [-0.15, -0.1) is 0 Å². The van der Waals surface area contributed by atoms with E-state index < -0.39 is 19.6 Å². The zero-order chi connectivity index (χ0) is 9.78. The lowest BCUT2D eigenvalue weighted by Gasteiger charge is -2.10. The zero-order valence-electron chi connectivity index (χ0n) is 6.64. The summed E-state index contributed by atoms with van der Waals surface area (Å²) in [5.41, 5.74) is 5.09. The first-order valence-electron chi connectivity index (χ1n) is 3.25. The number of carboxylic acid groups (broad SMARTS) is 1. The lowest BCUT2D eigenvalue weighted by Crippen LogP contribution is -2.30. The summed E-state index contributed by atoms with van der Waals surface area (Å²) in [6, 6.07) is -1.11. The molecule has 0 spiro atoms. The Morgan fingerprint density at radius 3 is 2.58 bits per heavy atom. The van der Waals surface area contributed by atoms with Crippen molar-refractivity contribution < 1.29 is 23.9 Å². The molecule has 0 aromatic heterocycles. The van der Waals surface area contributed by atoms with Crippen LogP contribution in [0.25, 0.3) is 0 Å². The average Bonchev–Trinajstić information content (AvgIpc) is 2.00. The highest BCUT2D eigenvalue weighted by Crippen LogP contribution is 2.41. The van der Waals surface area contributed by atoms with E-state index >= 15 is 0 Å². The topological polar surface area (TPSA) is 110 Å². The van der Waals surface area contributed by atoms with Gasteiger partial charge in [-0.25, -0.2) is 0 Å². The number of aliphatic carboxylic acids is 1. The summed E-state index contributed by atoms with van der Waals surface area (Å²) in [4.78, 5) is 19.0. The molecule has 12 heavy (non-hydrogen) atoms. The molecule has 0 amide bonds. The third-order valence-electron chi connectivity index (χ3n) is 1.33. The highest BCUT2D eigenvalue weighted by atomic mass is 31.2. The molecule has 0 bridgehead atoms. The minimum Gasteiger partial charge on any atom is -0.480 e. The standard InChI is InChI=1S/C5H12NO5P/c1-11-12(9,10)3-2-4(6)5(7)8/h4H,2-3,6H2,1H3,(H,7,8)(H,9,10). The van der Waals surface area contributed by atoms with Crippen molar-refractivity contribution in [1.29, 1.82) is 0 Å². The van der Waals surface area contributed by atoms with Crippen LogP contribution in [0.5, 0.6) is 0 Å². The Bertz CT molecular complexity index is 206. The first-order valence-corrected chi connectivity index (χ1v) is 5.01. The van der Waals surface area contributed by atoms with Crippen LogP contribution in [0, 0.1) is 0 Å². The molecule has 0 aliphatic carbocycles. The fraction of sp³-hybridized carbons (Fsp3) is 0.800. The zero-order valence-corrected chi connectivity index (χ0v) is 7.53. The summed E-state index contributed by atoms with van der Waals surface area (Å²) in [7, 11) is -2.52. The Morgan fingerprint density at radius 2 is 2.25 bits per heavy atom. The lowest BCUT2D eigenvalue weighted by molar-refractivity contribution is -0.138. The van der Waals surface area contributed by atoms with Gasteiger partial charge in [-0.05, 0) is 6.42 Å². The van der Waals surface area contributed by atoms with Crippen LogP contribution in [0.15, 0.2) is 0 Å². The monoisotopic (exact) mass is 197 g/mol. The molecule has 0 aliphatic heterocycles. The van der Waals surface area contributed by atoms with Gasteiger partial charge in [0, 0.05) is 7.11 Å². The Hall–Kier alpha value is -0.420. The normalized spacial score (nSPS) is 18.2. The lowest BCUT2D eigenvalue weighted by atomic mass is 10.2. The van der Waals surface area contributed by atoms with Crippen LogP contribution in [0.1, 0.15) is 6.42 Å². The molecule has 0 aliphatic rings. The fourth-order valence-corrected chi connectivity index (χ4v) is 1.30. The van der Waals surface area contributed by atoms with E-state index in [9.17, 15) is 9.36 Å². The van der Waals surface area contributed by atoms with Crippen LogP contribution >= 0.6 is 7.60 Å². The van der Waals surface area contributed by atoms with Gasteiger partial charge in [-0.1, -0.05) is 0 Å². The van der Waals surface area contributed by atoms with E-state index in [0.29, 0.717) is 0 Å². The van der Waals surface area contributed by atoms with Crippen LogP contribution in [0.3, 0.4) is 0 Å². The second kappa shape index (κ2) is 4.57. The summed E-state index contributed by atoms with van der Waals surface area (Å²) >= 11 is 0. The number of hydrogen-bond donors (Lipinski definition) is 3. The maximum absolute atomic E-state index is 10.8. The molecule has 0 fully saturated rings.